The van der Waals surface area contributed by atoms with Crippen LogP contribution in [-0.4, -0.2) is 18.5 Å². The van der Waals surface area contributed by atoms with E-state index in [-0.39, 0.29) is 11.9 Å². The van der Waals surface area contributed by atoms with E-state index in [9.17, 15) is 4.79 Å². The van der Waals surface area contributed by atoms with Gasteiger partial charge in [0.25, 0.3) is 0 Å². The van der Waals surface area contributed by atoms with Crippen molar-refractivity contribution >= 4 is 11.6 Å². The molecule has 1 aliphatic heterocycles. The first-order chi connectivity index (χ1) is 8.29. The molecule has 3 heteroatoms. The first-order valence-electron chi connectivity index (χ1n) is 6.43. The first-order valence-corrected chi connectivity index (χ1v) is 6.43. The van der Waals surface area contributed by atoms with Crippen molar-refractivity contribution < 1.29 is 4.79 Å². The molecule has 1 aromatic carbocycles. The van der Waals surface area contributed by atoms with E-state index in [1.165, 1.54) is 5.56 Å². The summed E-state index contributed by atoms with van der Waals surface area (Å²) < 4.78 is 0. The predicted octanol–water partition coefficient (Wildman–Crippen LogP) is 2.33. The number of aryl methyl sites for hydroxylation is 1. The molecule has 3 nitrogen and oxygen atoms in total. The molecular weight excluding hydrogens is 212 g/mol. The van der Waals surface area contributed by atoms with Crippen molar-refractivity contribution in [3.05, 3.63) is 29.8 Å². The van der Waals surface area contributed by atoms with Crippen molar-refractivity contribution in [3.8, 4) is 0 Å². The second kappa shape index (κ2) is 5.82. The van der Waals surface area contributed by atoms with Gasteiger partial charge in [-0.15, -0.1) is 0 Å². The Labute approximate surface area is 103 Å². The third kappa shape index (κ3) is 3.30. The van der Waals surface area contributed by atoms with Crippen LogP contribution >= 0.6 is 0 Å². The van der Waals surface area contributed by atoms with E-state index in [1.807, 2.05) is 12.1 Å². The minimum absolute atomic E-state index is 0.00896. The van der Waals surface area contributed by atoms with Gasteiger partial charge in [0.15, 0.2) is 0 Å². The van der Waals surface area contributed by atoms with Crippen LogP contribution < -0.4 is 10.6 Å². The number of nitrogens with one attached hydrogen (secondary N) is 2. The fraction of sp³-hybridized carbons (Fsp3) is 0.500. The van der Waals surface area contributed by atoms with Crippen LogP contribution in [0.4, 0.5) is 5.69 Å². The number of benzene rings is 1. The molecule has 2 N–H and O–H groups in total. The molecule has 0 radical (unpaired) electrons. The number of carbonyl (C=O) groups is 1. The van der Waals surface area contributed by atoms with Crippen molar-refractivity contribution in [3.63, 3.8) is 0 Å². The maximum atomic E-state index is 11.9. The quantitative estimate of drug-likeness (QED) is 0.836. The molecule has 0 aromatic heterocycles. The number of hydrogen-bond donors (Lipinski definition) is 2. The van der Waals surface area contributed by atoms with Gasteiger partial charge in [-0.05, 0) is 43.5 Å². The van der Waals surface area contributed by atoms with Crippen LogP contribution in [0.3, 0.4) is 0 Å². The van der Waals surface area contributed by atoms with E-state index >= 15 is 0 Å². The van der Waals surface area contributed by atoms with Crippen molar-refractivity contribution in [2.45, 2.75) is 38.6 Å². The molecule has 0 bridgehead atoms. The van der Waals surface area contributed by atoms with E-state index in [0.717, 1.165) is 37.9 Å². The summed E-state index contributed by atoms with van der Waals surface area (Å²) in [5.41, 5.74) is 2.22. The molecular formula is C14H20N2O. The lowest BCUT2D eigenvalue weighted by Gasteiger charge is -2.11. The average molecular weight is 232 g/mol. The molecule has 1 aliphatic rings. The monoisotopic (exact) mass is 232 g/mol. The van der Waals surface area contributed by atoms with Gasteiger partial charge >= 0.3 is 0 Å². The minimum atomic E-state index is -0.00896. The average Bonchev–Trinajstić information content (AvgIpc) is 2.86. The zero-order valence-electron chi connectivity index (χ0n) is 10.3. The molecule has 0 saturated carbocycles. The maximum absolute atomic E-state index is 11.9. The van der Waals surface area contributed by atoms with Gasteiger partial charge < -0.3 is 10.6 Å². The Hall–Kier alpha value is -1.35. The van der Waals surface area contributed by atoms with Crippen LogP contribution in [0.1, 0.15) is 31.7 Å². The lowest BCUT2D eigenvalue weighted by atomic mass is 10.1. The molecule has 1 atom stereocenters. The van der Waals surface area contributed by atoms with Crippen molar-refractivity contribution in [2.75, 3.05) is 11.9 Å². The Bertz CT molecular complexity index is 366. The molecule has 1 saturated heterocycles. The third-order valence-corrected chi connectivity index (χ3v) is 3.14. The van der Waals surface area contributed by atoms with Gasteiger partial charge in [-0.25, -0.2) is 0 Å². The summed E-state index contributed by atoms with van der Waals surface area (Å²) in [5.74, 6) is 0.0886. The summed E-state index contributed by atoms with van der Waals surface area (Å²) in [7, 11) is 0. The number of carbonyl (C=O) groups excluding carboxylic acids is 1. The smallest absolute Gasteiger partial charge is 0.241 e. The second-order valence-electron chi connectivity index (χ2n) is 4.59. The Morgan fingerprint density at radius 2 is 2.18 bits per heavy atom. The van der Waals surface area contributed by atoms with E-state index in [0.29, 0.717) is 0 Å². The third-order valence-electron chi connectivity index (χ3n) is 3.14. The van der Waals surface area contributed by atoms with Gasteiger partial charge in [0.2, 0.25) is 5.91 Å². The number of rotatable bonds is 4. The van der Waals surface area contributed by atoms with Gasteiger partial charge in [-0.1, -0.05) is 25.5 Å². The van der Waals surface area contributed by atoms with Crippen LogP contribution in [0.5, 0.6) is 0 Å². The lowest BCUT2D eigenvalue weighted by Crippen LogP contribution is -2.35. The Morgan fingerprint density at radius 3 is 2.76 bits per heavy atom. The zero-order valence-corrected chi connectivity index (χ0v) is 10.3. The highest BCUT2D eigenvalue weighted by Crippen LogP contribution is 2.13. The molecule has 1 heterocycles. The van der Waals surface area contributed by atoms with E-state index in [1.54, 1.807) is 0 Å². The fourth-order valence-electron chi connectivity index (χ4n) is 2.18. The summed E-state index contributed by atoms with van der Waals surface area (Å²) in [6.45, 7) is 3.12. The standard InChI is InChI=1S/C14H20N2O/c1-2-4-11-6-8-12(9-7-11)16-14(17)13-5-3-10-15-13/h6-9,13,15H,2-5,10H2,1H3,(H,16,17)/t13-/m1/s1. The number of hydrogen-bond acceptors (Lipinski definition) is 2. The van der Waals surface area contributed by atoms with Crippen LogP contribution in [0.15, 0.2) is 24.3 Å². The highest BCUT2D eigenvalue weighted by molar-refractivity contribution is 5.95. The Balaban J connectivity index is 1.91. The van der Waals surface area contributed by atoms with Crippen molar-refractivity contribution in [1.82, 2.24) is 5.32 Å². The minimum Gasteiger partial charge on any atom is -0.325 e. The molecule has 92 valence electrons. The largest absolute Gasteiger partial charge is 0.325 e. The number of anilines is 1. The van der Waals surface area contributed by atoms with E-state index < -0.39 is 0 Å². The highest BCUT2D eigenvalue weighted by Gasteiger charge is 2.21. The maximum Gasteiger partial charge on any atom is 0.241 e. The molecule has 1 amide bonds. The topological polar surface area (TPSA) is 41.1 Å². The van der Waals surface area contributed by atoms with Crippen LogP contribution in [0.2, 0.25) is 0 Å². The van der Waals surface area contributed by atoms with Crippen LogP contribution in [-0.2, 0) is 11.2 Å². The molecule has 2 rings (SSSR count). The van der Waals surface area contributed by atoms with Crippen LogP contribution in [0.25, 0.3) is 0 Å². The van der Waals surface area contributed by atoms with Crippen molar-refractivity contribution in [2.24, 2.45) is 0 Å². The van der Waals surface area contributed by atoms with Gasteiger partial charge in [0, 0.05) is 5.69 Å². The number of amides is 1. The van der Waals surface area contributed by atoms with E-state index in [2.05, 4.69) is 29.7 Å². The summed E-state index contributed by atoms with van der Waals surface area (Å²) in [5, 5.41) is 6.15. The normalized spacial score (nSPS) is 19.2. The van der Waals surface area contributed by atoms with Gasteiger partial charge in [0.05, 0.1) is 6.04 Å². The fourth-order valence-corrected chi connectivity index (χ4v) is 2.18. The molecule has 0 aliphatic carbocycles. The van der Waals surface area contributed by atoms with E-state index in [4.69, 9.17) is 0 Å². The van der Waals surface area contributed by atoms with Crippen LogP contribution in [0, 0.1) is 0 Å². The Kier molecular flexibility index (Phi) is 4.15. The predicted molar refractivity (Wildman–Crippen MR) is 70.1 cm³/mol. The van der Waals surface area contributed by atoms with Gasteiger partial charge in [-0.2, -0.15) is 0 Å². The highest BCUT2D eigenvalue weighted by atomic mass is 16.2. The molecule has 0 spiro atoms. The SMILES string of the molecule is CCCc1ccc(NC(=O)[C@H]2CCCN2)cc1. The first kappa shape index (κ1) is 12.1. The van der Waals surface area contributed by atoms with Crippen molar-refractivity contribution in [1.29, 1.82) is 0 Å². The summed E-state index contributed by atoms with van der Waals surface area (Å²) in [4.78, 5) is 11.9. The zero-order chi connectivity index (χ0) is 12.1. The second-order valence-corrected chi connectivity index (χ2v) is 4.59. The molecule has 1 fully saturated rings. The molecule has 17 heavy (non-hydrogen) atoms. The molecule has 1 aromatic rings. The molecule has 0 unspecified atom stereocenters. The van der Waals surface area contributed by atoms with Gasteiger partial charge in [0.1, 0.15) is 0 Å². The lowest BCUT2D eigenvalue weighted by molar-refractivity contribution is -0.117. The summed E-state index contributed by atoms with van der Waals surface area (Å²) in [6.07, 6.45) is 4.28. The Morgan fingerprint density at radius 1 is 1.41 bits per heavy atom. The summed E-state index contributed by atoms with van der Waals surface area (Å²) >= 11 is 0. The van der Waals surface area contributed by atoms with Gasteiger partial charge in [-0.3, -0.25) is 4.79 Å². The summed E-state index contributed by atoms with van der Waals surface area (Å²) in [6, 6.07) is 8.13.